The summed E-state index contributed by atoms with van der Waals surface area (Å²) in [6.07, 6.45) is 0.266. The fourth-order valence-corrected chi connectivity index (χ4v) is 1.84. The molecule has 0 aliphatic carbocycles. The number of nitrogen functional groups attached to an aromatic ring is 1. The van der Waals surface area contributed by atoms with Crippen LogP contribution in [0.25, 0.3) is 0 Å². The van der Waals surface area contributed by atoms with Gasteiger partial charge >= 0.3 is 0 Å². The Morgan fingerprint density at radius 3 is 2.45 bits per heavy atom. The number of hydrogen-bond donors (Lipinski definition) is 4. The molecule has 20 heavy (non-hydrogen) atoms. The first-order chi connectivity index (χ1) is 9.56. The predicted octanol–water partition coefficient (Wildman–Crippen LogP) is 0.537. The summed E-state index contributed by atoms with van der Waals surface area (Å²) >= 11 is 5.80. The highest BCUT2D eigenvalue weighted by atomic mass is 35.5. The largest absolute Gasteiger partial charge is 0.397 e. The first-order valence-corrected chi connectivity index (χ1v) is 6.73. The van der Waals surface area contributed by atoms with Gasteiger partial charge in [0.2, 0.25) is 5.91 Å². The highest BCUT2D eigenvalue weighted by Crippen LogP contribution is 2.22. The van der Waals surface area contributed by atoms with E-state index in [1.54, 1.807) is 18.2 Å². The molecule has 0 aliphatic heterocycles. The van der Waals surface area contributed by atoms with Gasteiger partial charge in [0.25, 0.3) is 0 Å². The molecule has 0 unspecified atom stereocenters. The van der Waals surface area contributed by atoms with Crippen LogP contribution in [0.2, 0.25) is 5.02 Å². The number of nitrogens with zero attached hydrogens (tertiary/aromatic N) is 1. The molecule has 1 amide bonds. The molecule has 0 saturated carbocycles. The summed E-state index contributed by atoms with van der Waals surface area (Å²) in [7, 11) is 0. The number of rotatable bonds is 8. The maximum atomic E-state index is 11.8. The summed E-state index contributed by atoms with van der Waals surface area (Å²) in [4.78, 5) is 13.6. The van der Waals surface area contributed by atoms with E-state index in [0.717, 1.165) is 0 Å². The van der Waals surface area contributed by atoms with Crippen LogP contribution in [0.3, 0.4) is 0 Å². The lowest BCUT2D eigenvalue weighted by atomic mass is 10.2. The number of carbonyl (C=O) groups is 1. The topological polar surface area (TPSA) is 98.8 Å². The average molecular weight is 302 g/mol. The quantitative estimate of drug-likeness (QED) is 0.525. The van der Waals surface area contributed by atoms with E-state index in [1.165, 1.54) is 0 Å². The Kier molecular flexibility index (Phi) is 7.32. The smallest absolute Gasteiger partial charge is 0.225 e. The van der Waals surface area contributed by atoms with E-state index >= 15 is 0 Å². The number of aliphatic hydroxyl groups excluding tert-OH is 2. The molecule has 1 aromatic rings. The van der Waals surface area contributed by atoms with E-state index < -0.39 is 0 Å². The van der Waals surface area contributed by atoms with Gasteiger partial charge in [0.15, 0.2) is 0 Å². The predicted molar refractivity (Wildman–Crippen MR) is 79.7 cm³/mol. The van der Waals surface area contributed by atoms with Crippen molar-refractivity contribution in [3.63, 3.8) is 0 Å². The molecule has 0 aliphatic rings. The molecule has 0 spiro atoms. The van der Waals surface area contributed by atoms with Gasteiger partial charge in [-0.05, 0) is 18.2 Å². The van der Waals surface area contributed by atoms with Crippen molar-refractivity contribution in [2.24, 2.45) is 0 Å². The number of carbonyl (C=O) groups excluding carboxylic acids is 1. The van der Waals surface area contributed by atoms with Crippen LogP contribution in [-0.2, 0) is 4.79 Å². The van der Waals surface area contributed by atoms with Crippen LogP contribution in [0.5, 0.6) is 0 Å². The SMILES string of the molecule is Nc1cc(NC(=O)CCN(CCO)CCO)ccc1Cl. The summed E-state index contributed by atoms with van der Waals surface area (Å²) in [6.45, 7) is 1.32. The summed E-state index contributed by atoms with van der Waals surface area (Å²) in [6, 6.07) is 4.89. The van der Waals surface area contributed by atoms with Crippen LogP contribution >= 0.6 is 11.6 Å². The number of benzene rings is 1. The number of hydrogen-bond acceptors (Lipinski definition) is 5. The monoisotopic (exact) mass is 301 g/mol. The molecule has 6 nitrogen and oxygen atoms in total. The van der Waals surface area contributed by atoms with Crippen molar-refractivity contribution in [1.82, 2.24) is 4.90 Å². The van der Waals surface area contributed by atoms with Crippen molar-refractivity contribution >= 4 is 28.9 Å². The molecule has 0 bridgehead atoms. The minimum absolute atomic E-state index is 0.00463. The molecular weight excluding hydrogens is 282 g/mol. The van der Waals surface area contributed by atoms with E-state index in [0.29, 0.717) is 36.0 Å². The van der Waals surface area contributed by atoms with Crippen LogP contribution in [0.4, 0.5) is 11.4 Å². The summed E-state index contributed by atoms with van der Waals surface area (Å²) in [5.41, 5.74) is 6.65. The maximum Gasteiger partial charge on any atom is 0.225 e. The van der Waals surface area contributed by atoms with E-state index in [-0.39, 0.29) is 25.5 Å². The Bertz CT molecular complexity index is 437. The summed E-state index contributed by atoms with van der Waals surface area (Å²) in [5.74, 6) is -0.160. The third-order valence-corrected chi connectivity index (χ3v) is 3.11. The van der Waals surface area contributed by atoms with Crippen LogP contribution in [0.15, 0.2) is 18.2 Å². The second-order valence-electron chi connectivity index (χ2n) is 4.32. The van der Waals surface area contributed by atoms with Gasteiger partial charge in [0, 0.05) is 31.7 Å². The van der Waals surface area contributed by atoms with Crippen LogP contribution in [-0.4, -0.2) is 53.9 Å². The molecule has 0 aromatic heterocycles. The first-order valence-electron chi connectivity index (χ1n) is 6.35. The Balaban J connectivity index is 2.44. The molecule has 7 heteroatoms. The number of halogens is 1. The van der Waals surface area contributed by atoms with Gasteiger partial charge in [-0.3, -0.25) is 9.69 Å². The lowest BCUT2D eigenvalue weighted by molar-refractivity contribution is -0.116. The zero-order valence-corrected chi connectivity index (χ0v) is 11.9. The maximum absolute atomic E-state index is 11.8. The van der Waals surface area contributed by atoms with Crippen LogP contribution in [0, 0.1) is 0 Å². The number of nitrogens with one attached hydrogen (secondary N) is 1. The third-order valence-electron chi connectivity index (χ3n) is 2.77. The molecular formula is C13H20ClN3O3. The van der Waals surface area contributed by atoms with Gasteiger partial charge in [-0.2, -0.15) is 0 Å². The number of aliphatic hydroxyl groups is 2. The normalized spacial score (nSPS) is 10.8. The molecule has 5 N–H and O–H groups in total. The molecule has 0 saturated heterocycles. The van der Waals surface area contributed by atoms with Crippen molar-refractivity contribution in [1.29, 1.82) is 0 Å². The lowest BCUT2D eigenvalue weighted by Crippen LogP contribution is -2.32. The number of anilines is 2. The Hall–Kier alpha value is -1.34. The Morgan fingerprint density at radius 2 is 1.90 bits per heavy atom. The van der Waals surface area contributed by atoms with Crippen molar-refractivity contribution in [2.45, 2.75) is 6.42 Å². The average Bonchev–Trinajstić information content (AvgIpc) is 2.41. The zero-order valence-electron chi connectivity index (χ0n) is 11.2. The standard InChI is InChI=1S/C13H20ClN3O3/c14-11-2-1-10(9-12(11)15)16-13(20)3-4-17(5-7-18)6-8-19/h1-2,9,18-19H,3-8,15H2,(H,16,20). The van der Waals surface area contributed by atoms with E-state index in [2.05, 4.69) is 5.32 Å². The fraction of sp³-hybridized carbons (Fsp3) is 0.462. The van der Waals surface area contributed by atoms with Gasteiger partial charge in [0.05, 0.1) is 23.9 Å². The number of nitrogens with two attached hydrogens (primary N) is 1. The minimum atomic E-state index is -0.160. The first kappa shape index (κ1) is 16.7. The Labute approximate surface area is 123 Å². The van der Waals surface area contributed by atoms with Gasteiger partial charge in [0.1, 0.15) is 0 Å². The Morgan fingerprint density at radius 1 is 1.25 bits per heavy atom. The lowest BCUT2D eigenvalue weighted by Gasteiger charge is -2.19. The minimum Gasteiger partial charge on any atom is -0.397 e. The van der Waals surface area contributed by atoms with Crippen molar-refractivity contribution in [2.75, 3.05) is 43.9 Å². The van der Waals surface area contributed by atoms with Crippen LogP contribution < -0.4 is 11.1 Å². The molecule has 0 radical (unpaired) electrons. The van der Waals surface area contributed by atoms with Gasteiger partial charge in [-0.25, -0.2) is 0 Å². The van der Waals surface area contributed by atoms with E-state index in [9.17, 15) is 4.79 Å². The van der Waals surface area contributed by atoms with Crippen LogP contribution in [0.1, 0.15) is 6.42 Å². The van der Waals surface area contributed by atoms with Crippen molar-refractivity contribution in [3.8, 4) is 0 Å². The van der Waals surface area contributed by atoms with Crippen molar-refractivity contribution < 1.29 is 15.0 Å². The highest BCUT2D eigenvalue weighted by molar-refractivity contribution is 6.33. The molecule has 1 aromatic carbocycles. The molecule has 1 rings (SSSR count). The van der Waals surface area contributed by atoms with Gasteiger partial charge in [-0.1, -0.05) is 11.6 Å². The highest BCUT2D eigenvalue weighted by Gasteiger charge is 2.08. The zero-order chi connectivity index (χ0) is 15.0. The fourth-order valence-electron chi connectivity index (χ4n) is 1.72. The van der Waals surface area contributed by atoms with E-state index in [4.69, 9.17) is 27.5 Å². The number of amides is 1. The molecule has 0 atom stereocenters. The van der Waals surface area contributed by atoms with Crippen molar-refractivity contribution in [3.05, 3.63) is 23.2 Å². The summed E-state index contributed by atoms with van der Waals surface area (Å²) in [5, 5.41) is 20.9. The van der Waals surface area contributed by atoms with Gasteiger partial charge in [-0.15, -0.1) is 0 Å². The molecule has 112 valence electrons. The third kappa shape index (κ3) is 5.75. The molecule has 0 heterocycles. The van der Waals surface area contributed by atoms with Gasteiger partial charge < -0.3 is 21.3 Å². The van der Waals surface area contributed by atoms with E-state index in [1.807, 2.05) is 4.90 Å². The molecule has 0 fully saturated rings. The summed E-state index contributed by atoms with van der Waals surface area (Å²) < 4.78 is 0. The second-order valence-corrected chi connectivity index (χ2v) is 4.73. The second kappa shape index (κ2) is 8.76.